The number of aromatic carboxylic acids is 1. The molecule has 0 aliphatic carbocycles. The Labute approximate surface area is 236 Å². The van der Waals surface area contributed by atoms with Gasteiger partial charge in [0.05, 0.1) is 24.6 Å². The molecule has 0 spiro atoms. The fourth-order valence-corrected chi connectivity index (χ4v) is 5.34. The zero-order valence-electron chi connectivity index (χ0n) is 22.4. The van der Waals surface area contributed by atoms with Gasteiger partial charge in [0.15, 0.2) is 11.4 Å². The van der Waals surface area contributed by atoms with Gasteiger partial charge in [-0.05, 0) is 59.5 Å². The molecule has 4 heterocycles. The van der Waals surface area contributed by atoms with Crippen molar-refractivity contribution >= 4 is 28.5 Å². The Kier molecular flexibility index (Phi) is 6.44. The van der Waals surface area contributed by atoms with Crippen molar-refractivity contribution in [3.05, 3.63) is 89.4 Å². The molecule has 10 nitrogen and oxygen atoms in total. The third-order valence-corrected chi connectivity index (χ3v) is 7.18. The highest BCUT2D eigenvalue weighted by Crippen LogP contribution is 2.41. The lowest BCUT2D eigenvalue weighted by atomic mass is 9.88. The highest BCUT2D eigenvalue weighted by molar-refractivity contribution is 6.12. The number of benzene rings is 2. The highest BCUT2D eigenvalue weighted by atomic mass is 19.4. The molecule has 0 saturated carbocycles. The molecular formula is C29H23F3N6O4. The minimum Gasteiger partial charge on any atom is -0.497 e. The Bertz CT molecular complexity index is 1860. The number of anilines is 1. The number of carboxylic acid groups (broad SMARTS) is 1. The second-order valence-corrected chi connectivity index (χ2v) is 9.89. The number of nitrogens with zero attached hydrogens (tertiary/aromatic N) is 6. The number of ether oxygens (including phenoxy) is 1. The first-order valence-electron chi connectivity index (χ1n) is 12.8. The number of carboxylic acids is 1. The van der Waals surface area contributed by atoms with E-state index in [-0.39, 0.29) is 47.6 Å². The Morgan fingerprint density at radius 1 is 1.12 bits per heavy atom. The quantitative estimate of drug-likeness (QED) is 0.309. The molecule has 13 heteroatoms. The van der Waals surface area contributed by atoms with E-state index >= 15 is 0 Å². The molecule has 1 aliphatic rings. The molecule has 1 aliphatic heterocycles. The number of methoxy groups -OCH3 is 1. The first kappa shape index (κ1) is 27.0. The molecule has 3 aromatic heterocycles. The molecule has 5 aromatic rings. The van der Waals surface area contributed by atoms with Gasteiger partial charge in [-0.25, -0.2) is 14.8 Å². The van der Waals surface area contributed by atoms with E-state index in [0.29, 0.717) is 27.8 Å². The van der Waals surface area contributed by atoms with Crippen LogP contribution in [0.3, 0.4) is 0 Å². The molecular weight excluding hydrogens is 553 g/mol. The lowest BCUT2D eigenvalue weighted by molar-refractivity contribution is -0.141. The number of hydrogen-bond donors (Lipinski definition) is 1. The number of hydrogen-bond acceptors (Lipinski definition) is 6. The molecule has 0 unspecified atom stereocenters. The van der Waals surface area contributed by atoms with Crippen molar-refractivity contribution in [2.45, 2.75) is 19.1 Å². The van der Waals surface area contributed by atoms with Gasteiger partial charge in [-0.3, -0.25) is 9.48 Å². The topological polar surface area (TPSA) is 115 Å². The van der Waals surface area contributed by atoms with Crippen LogP contribution in [-0.4, -0.2) is 55.0 Å². The number of aromatic nitrogens is 5. The van der Waals surface area contributed by atoms with Crippen molar-refractivity contribution in [2.75, 3.05) is 18.6 Å². The number of carbonyl (C=O) groups is 2. The summed E-state index contributed by atoms with van der Waals surface area (Å²) in [6.07, 6.45) is 1.58. The Morgan fingerprint density at radius 2 is 1.90 bits per heavy atom. The summed E-state index contributed by atoms with van der Waals surface area (Å²) in [6.45, 7) is 0.269. The van der Waals surface area contributed by atoms with Gasteiger partial charge in [0.1, 0.15) is 5.75 Å². The van der Waals surface area contributed by atoms with Crippen LogP contribution in [0.25, 0.3) is 22.0 Å². The summed E-state index contributed by atoms with van der Waals surface area (Å²) in [5.74, 6) is -1.34. The summed E-state index contributed by atoms with van der Waals surface area (Å²) in [7, 11) is 2.90. The summed E-state index contributed by atoms with van der Waals surface area (Å²) in [6, 6.07) is 9.80. The van der Waals surface area contributed by atoms with Crippen LogP contribution in [-0.2, 0) is 26.2 Å². The van der Waals surface area contributed by atoms with Crippen molar-refractivity contribution in [1.29, 1.82) is 0 Å². The van der Waals surface area contributed by atoms with Crippen molar-refractivity contribution in [1.82, 2.24) is 24.3 Å². The summed E-state index contributed by atoms with van der Waals surface area (Å²) >= 11 is 0. The van der Waals surface area contributed by atoms with Crippen molar-refractivity contribution in [2.24, 2.45) is 7.05 Å². The molecule has 0 bridgehead atoms. The largest absolute Gasteiger partial charge is 0.497 e. The van der Waals surface area contributed by atoms with Crippen LogP contribution in [0, 0.1) is 0 Å². The maximum absolute atomic E-state index is 14.1. The van der Waals surface area contributed by atoms with Crippen LogP contribution in [0.5, 0.6) is 5.75 Å². The number of imidazole rings is 1. The van der Waals surface area contributed by atoms with Crippen molar-refractivity contribution in [3.63, 3.8) is 0 Å². The van der Waals surface area contributed by atoms with Crippen molar-refractivity contribution in [3.8, 4) is 16.9 Å². The van der Waals surface area contributed by atoms with E-state index in [9.17, 15) is 27.9 Å². The van der Waals surface area contributed by atoms with Gasteiger partial charge in [-0.1, -0.05) is 0 Å². The molecule has 1 amide bonds. The van der Waals surface area contributed by atoms with E-state index < -0.39 is 23.7 Å². The number of fused-ring (bicyclic) bond motifs is 2. The maximum Gasteiger partial charge on any atom is 0.435 e. The second kappa shape index (κ2) is 10.0. The SMILES string of the molecule is COc1ccc2nc(C(=O)O)c(N3CCc4c(cc(Cn5ccnc5)cc4-c4cn(C)nc4C(F)(F)F)C3=O)cc2c1. The molecule has 0 fully saturated rings. The van der Waals surface area contributed by atoms with E-state index in [2.05, 4.69) is 15.1 Å². The molecule has 0 saturated heterocycles. The molecule has 214 valence electrons. The van der Waals surface area contributed by atoms with Crippen molar-refractivity contribution < 1.29 is 32.6 Å². The lowest BCUT2D eigenvalue weighted by Gasteiger charge is -2.31. The zero-order chi connectivity index (χ0) is 29.8. The van der Waals surface area contributed by atoms with Gasteiger partial charge in [0, 0.05) is 55.2 Å². The van der Waals surface area contributed by atoms with Gasteiger partial charge in [-0.15, -0.1) is 0 Å². The smallest absolute Gasteiger partial charge is 0.435 e. The van der Waals surface area contributed by atoms with Gasteiger partial charge >= 0.3 is 12.1 Å². The van der Waals surface area contributed by atoms with Crippen LogP contribution in [0.1, 0.15) is 37.7 Å². The number of pyridine rings is 1. The number of alkyl halides is 3. The standard InChI is InChI=1S/C29H23F3N6O4/c1-36-14-22(26(35-36)29(30,31)32)20-9-16(13-37-8-6-33-15-37)10-21-19(20)5-7-38(27(21)39)24-12-17-11-18(42-2)3-4-23(17)34-25(24)28(40)41/h3-4,6,8-12,14-15H,5,7,13H2,1-2H3,(H,40,41). The fraction of sp³-hybridized carbons (Fsp3) is 0.207. The predicted molar refractivity (Wildman–Crippen MR) is 146 cm³/mol. The molecule has 2 aromatic carbocycles. The first-order chi connectivity index (χ1) is 20.0. The Balaban J connectivity index is 1.53. The van der Waals surface area contributed by atoms with E-state index in [4.69, 9.17) is 4.74 Å². The van der Waals surface area contributed by atoms with Gasteiger partial charge in [0.2, 0.25) is 0 Å². The summed E-state index contributed by atoms with van der Waals surface area (Å²) in [5.41, 5.74) is 0.393. The summed E-state index contributed by atoms with van der Waals surface area (Å²) in [5, 5.41) is 14.2. The van der Waals surface area contributed by atoms with E-state index in [1.807, 2.05) is 0 Å². The summed E-state index contributed by atoms with van der Waals surface area (Å²) in [4.78, 5) is 36.0. The minimum atomic E-state index is -4.72. The monoisotopic (exact) mass is 576 g/mol. The Hall–Kier alpha value is -5.20. The van der Waals surface area contributed by atoms with Gasteiger partial charge in [0.25, 0.3) is 5.91 Å². The van der Waals surface area contributed by atoms with Crippen LogP contribution in [0.15, 0.2) is 61.3 Å². The zero-order valence-corrected chi connectivity index (χ0v) is 22.4. The predicted octanol–water partition coefficient (Wildman–Crippen LogP) is 4.81. The molecule has 6 rings (SSSR count). The third kappa shape index (κ3) is 4.72. The Morgan fingerprint density at radius 3 is 2.60 bits per heavy atom. The second-order valence-electron chi connectivity index (χ2n) is 9.89. The number of aryl methyl sites for hydroxylation is 1. The number of halogens is 3. The normalized spacial score (nSPS) is 13.5. The van der Waals surface area contributed by atoms with E-state index in [1.54, 1.807) is 59.7 Å². The minimum absolute atomic E-state index is 0.0265. The van der Waals surface area contributed by atoms with Crippen LogP contribution in [0.4, 0.5) is 18.9 Å². The van der Waals surface area contributed by atoms with E-state index in [1.165, 1.54) is 25.3 Å². The van der Waals surface area contributed by atoms with Gasteiger partial charge in [-0.2, -0.15) is 18.3 Å². The number of amides is 1. The average molecular weight is 577 g/mol. The maximum atomic E-state index is 14.1. The molecule has 0 radical (unpaired) electrons. The van der Waals surface area contributed by atoms with Crippen LogP contribution in [0.2, 0.25) is 0 Å². The fourth-order valence-electron chi connectivity index (χ4n) is 5.34. The first-order valence-corrected chi connectivity index (χ1v) is 12.8. The lowest BCUT2D eigenvalue weighted by Crippen LogP contribution is -2.39. The number of carbonyl (C=O) groups excluding carboxylic acids is 1. The van der Waals surface area contributed by atoms with Crippen LogP contribution >= 0.6 is 0 Å². The molecule has 0 atom stereocenters. The number of rotatable bonds is 6. The third-order valence-electron chi connectivity index (χ3n) is 7.18. The highest BCUT2D eigenvalue weighted by Gasteiger charge is 2.39. The molecule has 42 heavy (non-hydrogen) atoms. The molecule has 1 N–H and O–H groups in total. The van der Waals surface area contributed by atoms with Crippen LogP contribution < -0.4 is 9.64 Å². The van der Waals surface area contributed by atoms with E-state index in [0.717, 1.165) is 4.68 Å². The average Bonchev–Trinajstić information content (AvgIpc) is 3.61. The summed E-state index contributed by atoms with van der Waals surface area (Å²) < 4.78 is 50.1. The van der Waals surface area contributed by atoms with Gasteiger partial charge < -0.3 is 19.3 Å².